The maximum Gasteiger partial charge on any atom is 0.143 e. The second kappa shape index (κ2) is 30.6. The molecule has 0 bridgehead atoms. The number of aliphatic hydroxyl groups is 1. The molecular weight excluding hydrogens is 1080 g/mol. The zero-order valence-corrected chi connectivity index (χ0v) is 48.6. The van der Waals surface area contributed by atoms with E-state index in [1.807, 2.05) is 231 Å². The highest BCUT2D eigenvalue weighted by Crippen LogP contribution is 2.43. The minimum Gasteiger partial charge on any atom is -0.497 e. The maximum atomic E-state index is 13.3. The molecule has 2 fully saturated rings. The summed E-state index contributed by atoms with van der Waals surface area (Å²) in [5, 5.41) is 13.3. The van der Waals surface area contributed by atoms with Crippen molar-refractivity contribution in [2.45, 2.75) is 113 Å². The van der Waals surface area contributed by atoms with Gasteiger partial charge >= 0.3 is 0 Å². The summed E-state index contributed by atoms with van der Waals surface area (Å²) in [5.41, 5.74) is 7.39. The molecule has 11 rings (SSSR count). The Morgan fingerprint density at radius 1 is 0.326 bits per heavy atom. The summed E-state index contributed by atoms with van der Waals surface area (Å²) in [4.78, 5) is 0. The van der Waals surface area contributed by atoms with Crippen molar-refractivity contribution in [1.29, 1.82) is 0 Å². The van der Waals surface area contributed by atoms with E-state index in [-0.39, 0.29) is 52.7 Å². The first kappa shape index (κ1) is 60.1. The molecule has 1 N–H and O–H groups in total. The highest BCUT2D eigenvalue weighted by Gasteiger charge is 2.53. The topological polar surface area (TPSA) is 113 Å². The van der Waals surface area contributed by atoms with Crippen molar-refractivity contribution in [3.8, 4) is 5.75 Å². The van der Waals surface area contributed by atoms with Crippen LogP contribution in [-0.4, -0.2) is 86.5 Å². The van der Waals surface area contributed by atoms with Crippen LogP contribution in [0, 0.1) is 0 Å². The van der Waals surface area contributed by atoms with Crippen LogP contribution in [0.25, 0.3) is 0 Å². The fourth-order valence-electron chi connectivity index (χ4n) is 11.7. The summed E-state index contributed by atoms with van der Waals surface area (Å²) in [6.45, 7) is 1.71. The molecule has 10 atom stereocenters. The average molecular weight is 1150 g/mol. The van der Waals surface area contributed by atoms with Crippen LogP contribution in [0.1, 0.15) is 56.5 Å². The molecule has 2 aliphatic rings. The molecule has 9 aromatic rings. The molecule has 0 saturated carbocycles. The molecule has 2 saturated heterocycles. The number of benzene rings is 9. The van der Waals surface area contributed by atoms with Gasteiger partial charge < -0.3 is 52.5 Å². The molecule has 2 aliphatic heterocycles. The summed E-state index contributed by atoms with van der Waals surface area (Å²) < 4.78 is 70.4. The summed E-state index contributed by atoms with van der Waals surface area (Å²) in [6.07, 6.45) is -8.21. The zero-order valence-electron chi connectivity index (χ0n) is 48.6. The molecule has 0 spiro atoms. The Morgan fingerprint density at radius 3 is 1.05 bits per heavy atom. The quantitative estimate of drug-likeness (QED) is 0.0473. The summed E-state index contributed by atoms with van der Waals surface area (Å²) in [6, 6.07) is 88.8. The SMILES string of the molecule is COc1ccc(C(OC[C@H]2O[C@@H](C[C@@H]3O[C@H](COCc4ccccc4)[C@@H](OCc4ccccc4)[C@H](OCc4ccccc4)[C@H]3OCc3ccccc3)[C@@H](O)[C@@H](OCc3ccccc3)[C@@H]2OCc2ccccc2)(c2ccccc2)c2ccccc2)cc1. The summed E-state index contributed by atoms with van der Waals surface area (Å²) >= 11 is 0. The van der Waals surface area contributed by atoms with Gasteiger partial charge in [-0.3, -0.25) is 0 Å². The van der Waals surface area contributed by atoms with Crippen molar-refractivity contribution in [1.82, 2.24) is 0 Å². The molecule has 0 aromatic heterocycles. The molecule has 0 amide bonds. The normalized spacial score (nSPS) is 22.3. The average Bonchev–Trinajstić information content (AvgIpc) is 2.13. The lowest BCUT2D eigenvalue weighted by Crippen LogP contribution is -2.64. The van der Waals surface area contributed by atoms with Gasteiger partial charge in [0, 0.05) is 6.42 Å². The van der Waals surface area contributed by atoms with Crippen molar-refractivity contribution in [2.75, 3.05) is 20.3 Å². The van der Waals surface area contributed by atoms with Crippen molar-refractivity contribution in [3.05, 3.63) is 317 Å². The first-order valence-corrected chi connectivity index (χ1v) is 29.8. The Morgan fingerprint density at radius 2 is 0.640 bits per heavy atom. The van der Waals surface area contributed by atoms with Crippen LogP contribution >= 0.6 is 0 Å². The first-order chi connectivity index (χ1) is 42.5. The minimum absolute atomic E-state index is 0.00267. The Labute approximate surface area is 505 Å². The van der Waals surface area contributed by atoms with Gasteiger partial charge in [0.1, 0.15) is 60.2 Å². The predicted molar refractivity (Wildman–Crippen MR) is 331 cm³/mol. The Bertz CT molecular complexity index is 3290. The lowest BCUT2D eigenvalue weighted by Gasteiger charge is -2.49. The highest BCUT2D eigenvalue weighted by molar-refractivity contribution is 5.49. The van der Waals surface area contributed by atoms with Gasteiger partial charge in [-0.15, -0.1) is 0 Å². The smallest absolute Gasteiger partial charge is 0.143 e. The first-order valence-electron chi connectivity index (χ1n) is 29.8. The molecule has 442 valence electrons. The Kier molecular flexibility index (Phi) is 21.4. The molecule has 11 heteroatoms. The third-order valence-electron chi connectivity index (χ3n) is 16.1. The van der Waals surface area contributed by atoms with E-state index < -0.39 is 66.6 Å². The lowest BCUT2D eigenvalue weighted by atomic mass is 9.80. The van der Waals surface area contributed by atoms with Crippen LogP contribution < -0.4 is 4.74 Å². The maximum absolute atomic E-state index is 13.3. The molecular formula is C75H76O11. The third-order valence-corrected chi connectivity index (χ3v) is 16.1. The summed E-state index contributed by atoms with van der Waals surface area (Å²) in [5.74, 6) is 0.715. The molecule has 86 heavy (non-hydrogen) atoms. The number of methoxy groups -OCH3 is 1. The van der Waals surface area contributed by atoms with Crippen molar-refractivity contribution in [2.24, 2.45) is 0 Å². The van der Waals surface area contributed by atoms with Gasteiger partial charge in [0.2, 0.25) is 0 Å². The van der Waals surface area contributed by atoms with Crippen molar-refractivity contribution < 1.29 is 52.5 Å². The van der Waals surface area contributed by atoms with Gasteiger partial charge in [0.05, 0.1) is 72.2 Å². The standard InChI is InChI=1S/C75H76O11/c1-77-64-44-42-63(43-45-64)75(61-38-22-8-23-39-61,62-40-24-9-25-41-62)84-54-68-71(80-49-57-30-14-4-15-31-57)73(82-51-59-34-18-6-19-35-59)69(76)65(85-68)46-66-70(79-48-56-28-12-3-13-29-56)74(83-52-60-36-20-7-21-37-60)72(81-50-58-32-16-5-17-33-58)67(86-66)53-78-47-55-26-10-2-11-27-55/h2-45,65-74,76H,46-54H2,1H3/t65-,66-,67+,68+,69+,70-,71+,72+,73+,74+/m0/s1. The second-order valence-corrected chi connectivity index (χ2v) is 21.9. The Balaban J connectivity index is 1.000. The number of aliphatic hydroxyl groups excluding tert-OH is 1. The van der Waals surface area contributed by atoms with E-state index in [4.69, 9.17) is 47.4 Å². The molecule has 11 nitrogen and oxygen atoms in total. The van der Waals surface area contributed by atoms with Gasteiger partial charge in [-0.25, -0.2) is 0 Å². The summed E-state index contributed by atoms with van der Waals surface area (Å²) in [7, 11) is 1.66. The van der Waals surface area contributed by atoms with Gasteiger partial charge in [-0.2, -0.15) is 0 Å². The zero-order chi connectivity index (χ0) is 58.6. The van der Waals surface area contributed by atoms with Crippen LogP contribution in [0.3, 0.4) is 0 Å². The van der Waals surface area contributed by atoms with Crippen molar-refractivity contribution in [3.63, 3.8) is 0 Å². The number of hydrogen-bond donors (Lipinski definition) is 1. The predicted octanol–water partition coefficient (Wildman–Crippen LogP) is 13.4. The van der Waals surface area contributed by atoms with Crippen LogP contribution in [0.15, 0.2) is 267 Å². The van der Waals surface area contributed by atoms with Gasteiger partial charge in [0.25, 0.3) is 0 Å². The molecule has 0 radical (unpaired) electrons. The number of ether oxygens (including phenoxy) is 10. The van der Waals surface area contributed by atoms with Crippen LogP contribution in [0.2, 0.25) is 0 Å². The largest absolute Gasteiger partial charge is 0.497 e. The monoisotopic (exact) mass is 1150 g/mol. The lowest BCUT2D eigenvalue weighted by molar-refractivity contribution is -0.295. The van der Waals surface area contributed by atoms with E-state index in [0.29, 0.717) is 12.4 Å². The fourth-order valence-corrected chi connectivity index (χ4v) is 11.7. The van der Waals surface area contributed by atoms with E-state index in [0.717, 1.165) is 50.1 Å². The van der Waals surface area contributed by atoms with Gasteiger partial charge in [-0.05, 0) is 62.2 Å². The molecule has 0 aliphatic carbocycles. The fraction of sp³-hybridized carbons (Fsp3) is 0.280. The van der Waals surface area contributed by atoms with Gasteiger partial charge in [-0.1, -0.05) is 255 Å². The third kappa shape index (κ3) is 15.5. The molecule has 9 aromatic carbocycles. The van der Waals surface area contributed by atoms with Crippen LogP contribution in [0.5, 0.6) is 5.75 Å². The van der Waals surface area contributed by atoms with E-state index in [2.05, 4.69) is 36.4 Å². The van der Waals surface area contributed by atoms with Crippen LogP contribution in [-0.2, 0) is 87.9 Å². The van der Waals surface area contributed by atoms with E-state index in [1.54, 1.807) is 7.11 Å². The van der Waals surface area contributed by atoms with Crippen LogP contribution in [0.4, 0.5) is 0 Å². The minimum atomic E-state index is -1.24. The molecule has 0 unspecified atom stereocenters. The van der Waals surface area contributed by atoms with Gasteiger partial charge in [0.15, 0.2) is 0 Å². The second-order valence-electron chi connectivity index (χ2n) is 21.9. The van der Waals surface area contributed by atoms with E-state index in [9.17, 15) is 5.11 Å². The van der Waals surface area contributed by atoms with E-state index >= 15 is 0 Å². The van der Waals surface area contributed by atoms with E-state index in [1.165, 1.54) is 0 Å². The Hall–Kier alpha value is -7.62. The number of hydrogen-bond acceptors (Lipinski definition) is 11. The van der Waals surface area contributed by atoms with Crippen molar-refractivity contribution >= 4 is 0 Å². The number of rotatable bonds is 28. The molecule has 2 heterocycles. The highest BCUT2D eigenvalue weighted by atomic mass is 16.6.